The predicted molar refractivity (Wildman–Crippen MR) is 72.9 cm³/mol. The molecule has 1 aromatic heterocycles. The standard InChI is InChI=1S/C13H10BrFN4/c1-8-5-18-10(6-17-8)7-19-11-3-2-9(4-16)12(14)13(11)15/h2-3,5-6,19H,7H2,1H3. The van der Waals surface area contributed by atoms with Crippen molar-refractivity contribution in [3.63, 3.8) is 0 Å². The van der Waals surface area contributed by atoms with Gasteiger partial charge < -0.3 is 5.32 Å². The number of nitrogens with one attached hydrogen (secondary N) is 1. The lowest BCUT2D eigenvalue weighted by molar-refractivity contribution is 0.622. The summed E-state index contributed by atoms with van der Waals surface area (Å²) < 4.78 is 14.1. The summed E-state index contributed by atoms with van der Waals surface area (Å²) in [5.74, 6) is -0.487. The quantitative estimate of drug-likeness (QED) is 0.943. The molecular formula is C13H10BrFN4. The number of rotatable bonds is 3. The van der Waals surface area contributed by atoms with Gasteiger partial charge >= 0.3 is 0 Å². The zero-order chi connectivity index (χ0) is 13.8. The van der Waals surface area contributed by atoms with Gasteiger partial charge in [-0.05, 0) is 35.0 Å². The van der Waals surface area contributed by atoms with Crippen LogP contribution >= 0.6 is 15.9 Å². The van der Waals surface area contributed by atoms with Gasteiger partial charge in [0.15, 0.2) is 5.82 Å². The van der Waals surface area contributed by atoms with Crippen LogP contribution in [0.1, 0.15) is 17.0 Å². The van der Waals surface area contributed by atoms with Crippen LogP contribution in [0.5, 0.6) is 0 Å². The Labute approximate surface area is 118 Å². The smallest absolute Gasteiger partial charge is 0.161 e. The van der Waals surface area contributed by atoms with Crippen molar-refractivity contribution in [3.05, 3.63) is 51.8 Å². The van der Waals surface area contributed by atoms with Crippen LogP contribution in [0, 0.1) is 24.1 Å². The maximum absolute atomic E-state index is 13.9. The maximum Gasteiger partial charge on any atom is 0.161 e. The third kappa shape index (κ3) is 3.06. The van der Waals surface area contributed by atoms with Crippen molar-refractivity contribution >= 4 is 21.6 Å². The zero-order valence-electron chi connectivity index (χ0n) is 10.1. The van der Waals surface area contributed by atoms with Crippen LogP contribution in [0.25, 0.3) is 0 Å². The normalized spacial score (nSPS) is 10.0. The molecule has 0 radical (unpaired) electrons. The van der Waals surface area contributed by atoms with Gasteiger partial charge in [0.25, 0.3) is 0 Å². The summed E-state index contributed by atoms with van der Waals surface area (Å²) in [4.78, 5) is 8.28. The number of nitrogens with zero attached hydrogens (tertiary/aromatic N) is 3. The number of halogens is 2. The van der Waals surface area contributed by atoms with Gasteiger partial charge in [-0.1, -0.05) is 0 Å². The van der Waals surface area contributed by atoms with Crippen LogP contribution in [-0.4, -0.2) is 9.97 Å². The summed E-state index contributed by atoms with van der Waals surface area (Å²) in [6.45, 7) is 2.21. The van der Waals surface area contributed by atoms with E-state index in [0.29, 0.717) is 17.9 Å². The summed E-state index contributed by atoms with van der Waals surface area (Å²) >= 11 is 3.06. The number of anilines is 1. The fraction of sp³-hybridized carbons (Fsp3) is 0.154. The molecule has 4 nitrogen and oxygen atoms in total. The van der Waals surface area contributed by atoms with E-state index in [-0.39, 0.29) is 10.0 Å². The minimum atomic E-state index is -0.487. The average Bonchev–Trinajstić information content (AvgIpc) is 2.42. The highest BCUT2D eigenvalue weighted by Gasteiger charge is 2.10. The molecule has 0 saturated heterocycles. The first-order valence-corrected chi connectivity index (χ1v) is 6.30. The van der Waals surface area contributed by atoms with Crippen molar-refractivity contribution in [2.45, 2.75) is 13.5 Å². The Balaban J connectivity index is 2.14. The monoisotopic (exact) mass is 320 g/mol. The molecule has 0 bridgehead atoms. The highest BCUT2D eigenvalue weighted by molar-refractivity contribution is 9.10. The third-order valence-electron chi connectivity index (χ3n) is 2.50. The predicted octanol–water partition coefficient (Wildman–Crippen LogP) is 3.17. The molecule has 0 aliphatic heterocycles. The number of aryl methyl sites for hydroxylation is 1. The third-order valence-corrected chi connectivity index (χ3v) is 3.27. The lowest BCUT2D eigenvalue weighted by atomic mass is 10.2. The highest BCUT2D eigenvalue weighted by atomic mass is 79.9. The molecule has 2 aromatic rings. The Morgan fingerprint density at radius 2 is 2.16 bits per heavy atom. The van der Waals surface area contributed by atoms with Crippen molar-refractivity contribution in [3.8, 4) is 6.07 Å². The van der Waals surface area contributed by atoms with Crippen LogP contribution in [-0.2, 0) is 6.54 Å². The lowest BCUT2D eigenvalue weighted by Gasteiger charge is -2.08. The van der Waals surface area contributed by atoms with Gasteiger partial charge in [0, 0.05) is 6.20 Å². The molecule has 0 aliphatic carbocycles. The average molecular weight is 321 g/mol. The van der Waals surface area contributed by atoms with Gasteiger partial charge in [0.1, 0.15) is 6.07 Å². The summed E-state index contributed by atoms with van der Waals surface area (Å²) in [5.41, 5.74) is 2.12. The van der Waals surface area contributed by atoms with Gasteiger partial charge in [0.2, 0.25) is 0 Å². The molecular weight excluding hydrogens is 311 g/mol. The molecule has 1 aromatic carbocycles. The van der Waals surface area contributed by atoms with Crippen molar-refractivity contribution in [2.24, 2.45) is 0 Å². The molecule has 1 heterocycles. The van der Waals surface area contributed by atoms with E-state index >= 15 is 0 Å². The summed E-state index contributed by atoms with van der Waals surface area (Å²) in [6.07, 6.45) is 3.29. The molecule has 2 rings (SSSR count). The fourth-order valence-electron chi connectivity index (χ4n) is 1.47. The van der Waals surface area contributed by atoms with Crippen LogP contribution in [0.15, 0.2) is 29.0 Å². The Morgan fingerprint density at radius 1 is 1.37 bits per heavy atom. The van der Waals surface area contributed by atoms with E-state index in [0.717, 1.165) is 5.69 Å². The Morgan fingerprint density at radius 3 is 2.79 bits per heavy atom. The number of aromatic nitrogens is 2. The number of hydrogen-bond donors (Lipinski definition) is 1. The van der Waals surface area contributed by atoms with Gasteiger partial charge in [-0.15, -0.1) is 0 Å². The Hall–Kier alpha value is -2.00. The summed E-state index contributed by atoms with van der Waals surface area (Å²) in [6, 6.07) is 4.99. The van der Waals surface area contributed by atoms with Gasteiger partial charge in [0.05, 0.1) is 39.9 Å². The largest absolute Gasteiger partial charge is 0.377 e. The second-order valence-corrected chi connectivity index (χ2v) is 4.70. The Bertz CT molecular complexity index is 634. The number of hydrogen-bond acceptors (Lipinski definition) is 4. The van der Waals surface area contributed by atoms with Crippen LogP contribution in [0.3, 0.4) is 0 Å². The first kappa shape index (κ1) is 13.4. The fourth-order valence-corrected chi connectivity index (χ4v) is 1.90. The van der Waals surface area contributed by atoms with Crippen LogP contribution < -0.4 is 5.32 Å². The van der Waals surface area contributed by atoms with Gasteiger partial charge in [-0.3, -0.25) is 9.97 Å². The van der Waals surface area contributed by atoms with Crippen molar-refractivity contribution in [2.75, 3.05) is 5.32 Å². The van der Waals surface area contributed by atoms with E-state index < -0.39 is 5.82 Å². The molecule has 6 heteroatoms. The van der Waals surface area contributed by atoms with Gasteiger partial charge in [-0.25, -0.2) is 4.39 Å². The molecule has 19 heavy (non-hydrogen) atoms. The van der Waals surface area contributed by atoms with Crippen LogP contribution in [0.2, 0.25) is 0 Å². The molecule has 0 spiro atoms. The SMILES string of the molecule is Cc1cnc(CNc2ccc(C#N)c(Br)c2F)cn1. The molecule has 0 fully saturated rings. The van der Waals surface area contributed by atoms with Crippen LogP contribution in [0.4, 0.5) is 10.1 Å². The van der Waals surface area contributed by atoms with E-state index in [4.69, 9.17) is 5.26 Å². The maximum atomic E-state index is 13.9. The highest BCUT2D eigenvalue weighted by Crippen LogP contribution is 2.26. The molecule has 0 aliphatic rings. The van der Waals surface area contributed by atoms with Crippen molar-refractivity contribution in [1.82, 2.24) is 9.97 Å². The lowest BCUT2D eigenvalue weighted by Crippen LogP contribution is -2.04. The first-order valence-electron chi connectivity index (χ1n) is 5.51. The molecule has 0 amide bonds. The number of benzene rings is 1. The second-order valence-electron chi connectivity index (χ2n) is 3.90. The van der Waals surface area contributed by atoms with E-state index in [1.807, 2.05) is 13.0 Å². The molecule has 1 N–H and O–H groups in total. The minimum absolute atomic E-state index is 0.162. The number of nitriles is 1. The van der Waals surface area contributed by atoms with Crippen molar-refractivity contribution in [1.29, 1.82) is 5.26 Å². The van der Waals surface area contributed by atoms with Crippen molar-refractivity contribution < 1.29 is 4.39 Å². The molecule has 0 saturated carbocycles. The van der Waals surface area contributed by atoms with E-state index in [2.05, 4.69) is 31.2 Å². The van der Waals surface area contributed by atoms with Gasteiger partial charge in [-0.2, -0.15) is 5.26 Å². The summed E-state index contributed by atoms with van der Waals surface area (Å²) in [5, 5.41) is 11.7. The first-order chi connectivity index (χ1) is 9.11. The Kier molecular flexibility index (Phi) is 4.07. The zero-order valence-corrected chi connectivity index (χ0v) is 11.7. The second kappa shape index (κ2) is 5.76. The summed E-state index contributed by atoms with van der Waals surface area (Å²) in [7, 11) is 0. The van der Waals surface area contributed by atoms with E-state index in [1.165, 1.54) is 6.07 Å². The van der Waals surface area contributed by atoms with E-state index in [1.54, 1.807) is 18.5 Å². The molecule has 0 unspecified atom stereocenters. The molecule has 96 valence electrons. The minimum Gasteiger partial charge on any atom is -0.377 e. The van der Waals surface area contributed by atoms with E-state index in [9.17, 15) is 4.39 Å². The molecule has 0 atom stereocenters. The topological polar surface area (TPSA) is 61.6 Å².